The van der Waals surface area contributed by atoms with Gasteiger partial charge in [-0.25, -0.2) is 4.79 Å². The fourth-order valence-electron chi connectivity index (χ4n) is 5.77. The van der Waals surface area contributed by atoms with Gasteiger partial charge in [0, 0.05) is 56.3 Å². The van der Waals surface area contributed by atoms with Gasteiger partial charge >= 0.3 is 5.97 Å². The van der Waals surface area contributed by atoms with Crippen molar-refractivity contribution in [1.82, 2.24) is 14.7 Å². The zero-order valence-corrected chi connectivity index (χ0v) is 23.8. The van der Waals surface area contributed by atoms with Gasteiger partial charge < -0.3 is 14.5 Å². The molecule has 2 aliphatic heterocycles. The van der Waals surface area contributed by atoms with E-state index in [2.05, 4.69) is 29.2 Å². The van der Waals surface area contributed by atoms with E-state index in [0.29, 0.717) is 29.9 Å². The molecule has 2 heterocycles. The van der Waals surface area contributed by atoms with E-state index in [1.165, 1.54) is 5.56 Å². The lowest BCUT2D eigenvalue weighted by molar-refractivity contribution is -0.140. The summed E-state index contributed by atoms with van der Waals surface area (Å²) in [5.74, 6) is -0.811. The maximum absolute atomic E-state index is 13.4. The minimum absolute atomic E-state index is 0.000185. The Balaban J connectivity index is 1.30. The van der Waals surface area contributed by atoms with Crippen LogP contribution in [0.3, 0.4) is 0 Å². The lowest BCUT2D eigenvalue weighted by atomic mass is 9.83. The number of carbonyl (C=O) groups is 3. The van der Waals surface area contributed by atoms with Crippen LogP contribution in [0.1, 0.15) is 53.2 Å². The molecule has 0 aromatic heterocycles. The van der Waals surface area contributed by atoms with Crippen LogP contribution in [0.5, 0.6) is 0 Å². The molecule has 7 nitrogen and oxygen atoms in total. The number of carbonyl (C=O) groups excluding carboxylic acids is 3. The van der Waals surface area contributed by atoms with E-state index in [1.54, 1.807) is 11.8 Å². The Morgan fingerprint density at radius 1 is 0.829 bits per heavy atom. The summed E-state index contributed by atoms with van der Waals surface area (Å²) in [6.07, 6.45) is 0.182. The summed E-state index contributed by atoms with van der Waals surface area (Å²) in [5, 5.41) is 0. The highest BCUT2D eigenvalue weighted by Crippen LogP contribution is 2.37. The normalized spacial score (nSPS) is 18.0. The van der Waals surface area contributed by atoms with Gasteiger partial charge in [-0.05, 0) is 42.7 Å². The van der Waals surface area contributed by atoms with Crippen LogP contribution in [-0.2, 0) is 27.4 Å². The molecule has 0 bridgehead atoms. The molecule has 3 aromatic carbocycles. The Bertz CT molecular complexity index is 1410. The Labute approximate surface area is 242 Å². The minimum Gasteiger partial charge on any atom is -0.463 e. The standard InChI is InChI=1S/C34H37N3O4/c1-3-41-34(40)32-25(2)37(31(38)22-30(32)28-14-8-5-9-15-28)24-27-13-10-16-29(21-27)33(39)36-19-17-35(18-20-36)23-26-11-6-4-7-12-26/h4-16,21,30H,3,17-20,22-24H2,1-2H3. The number of ether oxygens (including phenoxy) is 1. The molecule has 0 aliphatic carbocycles. The van der Waals surface area contributed by atoms with Crippen LogP contribution in [-0.4, -0.2) is 65.3 Å². The fraction of sp³-hybridized carbons (Fsp3) is 0.324. The maximum Gasteiger partial charge on any atom is 0.336 e. The Hall–Kier alpha value is -4.23. The van der Waals surface area contributed by atoms with E-state index in [1.807, 2.05) is 72.5 Å². The van der Waals surface area contributed by atoms with Crippen molar-refractivity contribution in [3.63, 3.8) is 0 Å². The van der Waals surface area contributed by atoms with E-state index < -0.39 is 5.97 Å². The summed E-state index contributed by atoms with van der Waals surface area (Å²) in [6, 6.07) is 27.5. The number of rotatable bonds is 8. The second-order valence-corrected chi connectivity index (χ2v) is 10.6. The van der Waals surface area contributed by atoms with E-state index in [4.69, 9.17) is 4.74 Å². The first-order valence-electron chi connectivity index (χ1n) is 14.3. The third-order valence-corrected chi connectivity index (χ3v) is 7.94. The van der Waals surface area contributed by atoms with Gasteiger partial charge in [0.2, 0.25) is 5.91 Å². The molecule has 1 unspecified atom stereocenters. The molecule has 1 saturated heterocycles. The van der Waals surface area contributed by atoms with Gasteiger partial charge in [-0.15, -0.1) is 0 Å². The van der Waals surface area contributed by atoms with Crippen LogP contribution < -0.4 is 0 Å². The number of nitrogens with zero attached hydrogens (tertiary/aromatic N) is 3. The van der Waals surface area contributed by atoms with Crippen LogP contribution in [0.4, 0.5) is 0 Å². The Morgan fingerprint density at radius 3 is 2.17 bits per heavy atom. The van der Waals surface area contributed by atoms with E-state index in [-0.39, 0.29) is 37.3 Å². The molecule has 0 radical (unpaired) electrons. The highest BCUT2D eigenvalue weighted by atomic mass is 16.5. The van der Waals surface area contributed by atoms with Crippen LogP contribution in [0.15, 0.2) is 96.2 Å². The molecule has 0 saturated carbocycles. The molecule has 5 rings (SSSR count). The number of esters is 1. The summed E-state index contributed by atoms with van der Waals surface area (Å²) in [7, 11) is 0. The minimum atomic E-state index is -0.397. The molecular weight excluding hydrogens is 514 g/mol. The molecular formula is C34H37N3O4. The third kappa shape index (κ3) is 6.57. The summed E-state index contributed by atoms with van der Waals surface area (Å²) >= 11 is 0. The van der Waals surface area contributed by atoms with Crippen molar-refractivity contribution >= 4 is 17.8 Å². The van der Waals surface area contributed by atoms with Crippen LogP contribution in [0.25, 0.3) is 0 Å². The summed E-state index contributed by atoms with van der Waals surface area (Å²) in [5.41, 5.74) is 4.75. The van der Waals surface area contributed by atoms with Gasteiger partial charge in [0.1, 0.15) is 0 Å². The second-order valence-electron chi connectivity index (χ2n) is 10.6. The van der Waals surface area contributed by atoms with Gasteiger partial charge in [0.15, 0.2) is 0 Å². The summed E-state index contributed by atoms with van der Waals surface area (Å²) in [6.45, 7) is 8.01. The van der Waals surface area contributed by atoms with E-state index in [0.717, 1.165) is 30.8 Å². The monoisotopic (exact) mass is 551 g/mol. The fourth-order valence-corrected chi connectivity index (χ4v) is 5.77. The van der Waals surface area contributed by atoms with E-state index >= 15 is 0 Å². The van der Waals surface area contributed by atoms with Crippen LogP contribution >= 0.6 is 0 Å². The van der Waals surface area contributed by atoms with Gasteiger partial charge in [-0.3, -0.25) is 14.5 Å². The van der Waals surface area contributed by atoms with Crippen molar-refractivity contribution in [1.29, 1.82) is 0 Å². The number of hydrogen-bond donors (Lipinski definition) is 0. The molecule has 7 heteroatoms. The van der Waals surface area contributed by atoms with Crippen molar-refractivity contribution in [3.05, 3.63) is 118 Å². The topological polar surface area (TPSA) is 70.2 Å². The molecule has 2 aliphatic rings. The van der Waals surface area contributed by atoms with Crippen molar-refractivity contribution in [2.24, 2.45) is 0 Å². The predicted molar refractivity (Wildman–Crippen MR) is 158 cm³/mol. The molecule has 2 amide bonds. The number of hydrogen-bond acceptors (Lipinski definition) is 5. The Kier molecular flexibility index (Phi) is 8.95. The summed E-state index contributed by atoms with van der Waals surface area (Å²) < 4.78 is 5.41. The van der Waals surface area contributed by atoms with Crippen molar-refractivity contribution in [2.75, 3.05) is 32.8 Å². The Morgan fingerprint density at radius 2 is 1.49 bits per heavy atom. The lowest BCUT2D eigenvalue weighted by Gasteiger charge is -2.35. The zero-order valence-electron chi connectivity index (χ0n) is 23.8. The number of piperazine rings is 1. The first kappa shape index (κ1) is 28.3. The first-order chi connectivity index (χ1) is 19.9. The van der Waals surface area contributed by atoms with Crippen LogP contribution in [0, 0.1) is 0 Å². The molecule has 0 N–H and O–H groups in total. The van der Waals surface area contributed by atoms with Gasteiger partial charge in [-0.2, -0.15) is 0 Å². The number of benzene rings is 3. The van der Waals surface area contributed by atoms with Gasteiger partial charge in [-0.1, -0.05) is 72.8 Å². The molecule has 1 atom stereocenters. The third-order valence-electron chi connectivity index (χ3n) is 7.94. The number of amides is 2. The highest BCUT2D eigenvalue weighted by Gasteiger charge is 2.37. The largest absolute Gasteiger partial charge is 0.463 e. The average molecular weight is 552 g/mol. The zero-order chi connectivity index (χ0) is 28.8. The van der Waals surface area contributed by atoms with E-state index in [9.17, 15) is 14.4 Å². The van der Waals surface area contributed by atoms with Gasteiger partial charge in [0.25, 0.3) is 5.91 Å². The molecule has 41 heavy (non-hydrogen) atoms. The van der Waals surface area contributed by atoms with Crippen molar-refractivity contribution < 1.29 is 19.1 Å². The van der Waals surface area contributed by atoms with Crippen molar-refractivity contribution in [2.45, 2.75) is 39.3 Å². The van der Waals surface area contributed by atoms with Crippen molar-refractivity contribution in [3.8, 4) is 0 Å². The molecule has 3 aromatic rings. The SMILES string of the molecule is CCOC(=O)C1=C(C)N(Cc2cccc(C(=O)N3CCN(Cc4ccccc4)CC3)c2)C(=O)CC1c1ccccc1. The molecule has 212 valence electrons. The predicted octanol–water partition coefficient (Wildman–Crippen LogP) is 5.00. The summed E-state index contributed by atoms with van der Waals surface area (Å²) in [4.78, 5) is 45.8. The quantitative estimate of drug-likeness (QED) is 0.369. The van der Waals surface area contributed by atoms with Crippen LogP contribution in [0.2, 0.25) is 0 Å². The lowest BCUT2D eigenvalue weighted by Crippen LogP contribution is -2.48. The molecule has 1 fully saturated rings. The average Bonchev–Trinajstić information content (AvgIpc) is 3.00. The smallest absolute Gasteiger partial charge is 0.336 e. The molecule has 0 spiro atoms. The highest BCUT2D eigenvalue weighted by molar-refractivity contribution is 5.96. The second kappa shape index (κ2) is 13.0. The maximum atomic E-state index is 13.4. The first-order valence-corrected chi connectivity index (χ1v) is 14.3. The van der Waals surface area contributed by atoms with Gasteiger partial charge in [0.05, 0.1) is 18.7 Å². The number of allylic oxidation sites excluding steroid dienone is 1.